The summed E-state index contributed by atoms with van der Waals surface area (Å²) in [6.07, 6.45) is -1.78. The lowest BCUT2D eigenvalue weighted by atomic mass is 9.95. The van der Waals surface area contributed by atoms with Gasteiger partial charge in [-0.25, -0.2) is 17.6 Å². The molecule has 1 aromatic carbocycles. The van der Waals surface area contributed by atoms with E-state index in [-0.39, 0.29) is 56.2 Å². The number of hydrogen-bond acceptors (Lipinski definition) is 6. The maximum absolute atomic E-state index is 15.3. The number of fused-ring (bicyclic) bond motifs is 1. The minimum atomic E-state index is -2.77. The van der Waals surface area contributed by atoms with Crippen LogP contribution in [-0.4, -0.2) is 71.9 Å². The molecule has 0 bridgehead atoms. The number of alkyl halides is 3. The molecule has 0 saturated carbocycles. The topological polar surface area (TPSA) is 50.7 Å². The molecule has 13 heteroatoms. The van der Waals surface area contributed by atoms with E-state index in [0.717, 1.165) is 19.4 Å². The molecule has 0 radical (unpaired) electrons. The zero-order valence-electron chi connectivity index (χ0n) is 18.3. The Morgan fingerprint density at radius 1 is 1.37 bits per heavy atom. The van der Waals surface area contributed by atoms with Crippen LogP contribution in [0.4, 0.5) is 23.4 Å². The Balaban J connectivity index is 1.63. The molecule has 0 unspecified atom stereocenters. The lowest BCUT2D eigenvalue weighted by Gasteiger charge is -2.32. The number of ether oxygens (including phenoxy) is 2. The van der Waals surface area contributed by atoms with Gasteiger partial charge in [-0.05, 0) is 35.3 Å². The van der Waals surface area contributed by atoms with Crippen LogP contribution < -0.4 is 14.4 Å². The Kier molecular flexibility index (Phi) is 6.73. The first-order chi connectivity index (χ1) is 16.6. The zero-order valence-corrected chi connectivity index (χ0v) is 21.4. The lowest BCUT2D eigenvalue weighted by Crippen LogP contribution is -2.44. The predicted octanol–water partition coefficient (Wildman–Crippen LogP) is 5.73. The summed E-state index contributed by atoms with van der Waals surface area (Å²) in [5, 5.41) is -0.0370. The van der Waals surface area contributed by atoms with Gasteiger partial charge in [-0.2, -0.15) is 9.97 Å². The SMILES string of the molecule is C=C(Cl)[C@H]1COc2c(Cl)c(Br)c(F)c3nc(OC[C@@]45CCCN4C[C@H](F)C5)nc(c23)N1CC(F)F. The first kappa shape index (κ1) is 25.1. The summed E-state index contributed by atoms with van der Waals surface area (Å²) in [5.41, 5.74) is -0.721. The fourth-order valence-corrected chi connectivity index (χ4v) is 6.06. The van der Waals surface area contributed by atoms with Crippen molar-refractivity contribution in [2.24, 2.45) is 0 Å². The average Bonchev–Trinajstić information content (AvgIpc) is 3.26. The van der Waals surface area contributed by atoms with Crippen molar-refractivity contribution in [3.63, 3.8) is 0 Å². The van der Waals surface area contributed by atoms with Crippen LogP contribution >= 0.6 is 39.1 Å². The van der Waals surface area contributed by atoms with Crippen molar-refractivity contribution in [2.75, 3.05) is 37.7 Å². The van der Waals surface area contributed by atoms with E-state index in [4.69, 9.17) is 32.7 Å². The van der Waals surface area contributed by atoms with Crippen LogP contribution in [0, 0.1) is 5.82 Å². The summed E-state index contributed by atoms with van der Waals surface area (Å²) in [5.74, 6) is -0.849. The number of nitrogens with zero attached hydrogens (tertiary/aromatic N) is 4. The quantitative estimate of drug-likeness (QED) is 0.312. The van der Waals surface area contributed by atoms with Gasteiger partial charge >= 0.3 is 6.01 Å². The molecule has 2 fully saturated rings. The Hall–Kier alpha value is -1.56. The molecule has 6 nitrogen and oxygen atoms in total. The largest absolute Gasteiger partial charge is 0.489 e. The van der Waals surface area contributed by atoms with Gasteiger partial charge in [-0.3, -0.25) is 4.90 Å². The van der Waals surface area contributed by atoms with E-state index in [2.05, 4.69) is 32.5 Å². The molecule has 35 heavy (non-hydrogen) atoms. The van der Waals surface area contributed by atoms with Crippen LogP contribution in [0.3, 0.4) is 0 Å². The van der Waals surface area contributed by atoms with Gasteiger partial charge in [0.15, 0.2) is 11.6 Å². The lowest BCUT2D eigenvalue weighted by molar-refractivity contribution is 0.107. The molecule has 3 atom stereocenters. The van der Waals surface area contributed by atoms with E-state index in [9.17, 15) is 13.2 Å². The third-order valence-electron chi connectivity index (χ3n) is 6.85. The van der Waals surface area contributed by atoms with Crippen molar-refractivity contribution in [1.82, 2.24) is 14.9 Å². The highest BCUT2D eigenvalue weighted by Gasteiger charge is 2.49. The Bertz CT molecular complexity index is 1190. The highest BCUT2D eigenvalue weighted by Crippen LogP contribution is 2.47. The number of anilines is 1. The average molecular weight is 600 g/mol. The fraction of sp³-hybridized carbons (Fsp3) is 0.545. The second kappa shape index (κ2) is 9.39. The molecule has 0 spiro atoms. The number of aromatic nitrogens is 2. The molecule has 3 aliphatic rings. The molecule has 2 aromatic rings. The van der Waals surface area contributed by atoms with Gasteiger partial charge < -0.3 is 14.4 Å². The molecule has 0 aliphatic carbocycles. The molecular weight excluding hydrogens is 579 g/mol. The normalized spacial score (nSPS) is 26.2. The van der Waals surface area contributed by atoms with Gasteiger partial charge in [0.2, 0.25) is 0 Å². The maximum atomic E-state index is 15.3. The van der Waals surface area contributed by atoms with Crippen LogP contribution in [0.15, 0.2) is 16.1 Å². The maximum Gasteiger partial charge on any atom is 0.319 e. The molecule has 190 valence electrons. The van der Waals surface area contributed by atoms with Crippen LogP contribution in [0.2, 0.25) is 5.02 Å². The highest BCUT2D eigenvalue weighted by atomic mass is 79.9. The van der Waals surface area contributed by atoms with Crippen molar-refractivity contribution < 1.29 is 27.0 Å². The van der Waals surface area contributed by atoms with Gasteiger partial charge in [-0.15, -0.1) is 0 Å². The van der Waals surface area contributed by atoms with Crippen molar-refractivity contribution in [2.45, 2.75) is 43.4 Å². The molecule has 4 heterocycles. The number of rotatable bonds is 6. The Labute approximate surface area is 217 Å². The second-order valence-corrected chi connectivity index (χ2v) is 10.7. The Morgan fingerprint density at radius 3 is 2.86 bits per heavy atom. The fourth-order valence-electron chi connectivity index (χ4n) is 5.28. The molecule has 1 aromatic heterocycles. The second-order valence-electron chi connectivity index (χ2n) is 9.01. The smallest absolute Gasteiger partial charge is 0.319 e. The third-order valence-corrected chi connectivity index (χ3v) is 8.44. The van der Waals surface area contributed by atoms with Crippen LogP contribution in [0.1, 0.15) is 19.3 Å². The standard InChI is InChI=1S/C22H21BrCl2F4N4O2/c1-10(24)12-8-34-19-14-18(17(29)15(23)16(19)25)30-21(31-20(14)33(12)7-13(27)28)35-9-22-3-2-4-32(22)6-11(26)5-22/h11-13H,1-9H2/t11-,12-,22+/m1/s1. The summed E-state index contributed by atoms with van der Waals surface area (Å²) in [7, 11) is 0. The first-order valence-corrected chi connectivity index (χ1v) is 12.6. The first-order valence-electron chi connectivity index (χ1n) is 11.0. The van der Waals surface area contributed by atoms with Crippen molar-refractivity contribution in [3.05, 3.63) is 26.9 Å². The minimum Gasteiger partial charge on any atom is -0.489 e. The van der Waals surface area contributed by atoms with Gasteiger partial charge in [-0.1, -0.05) is 29.8 Å². The van der Waals surface area contributed by atoms with Gasteiger partial charge in [0.1, 0.15) is 35.7 Å². The van der Waals surface area contributed by atoms with E-state index in [1.54, 1.807) is 0 Å². The monoisotopic (exact) mass is 598 g/mol. The van der Waals surface area contributed by atoms with Gasteiger partial charge in [0, 0.05) is 18.0 Å². The van der Waals surface area contributed by atoms with E-state index in [1.165, 1.54) is 4.90 Å². The summed E-state index contributed by atoms with van der Waals surface area (Å²) >= 11 is 15.6. The number of hydrogen-bond donors (Lipinski definition) is 0. The van der Waals surface area contributed by atoms with Gasteiger partial charge in [0.25, 0.3) is 6.43 Å². The van der Waals surface area contributed by atoms with Gasteiger partial charge in [0.05, 0.1) is 28.0 Å². The molecule has 3 aliphatic heterocycles. The third kappa shape index (κ3) is 4.32. The zero-order chi connectivity index (χ0) is 25.1. The van der Waals surface area contributed by atoms with Crippen LogP contribution in [0.5, 0.6) is 11.8 Å². The van der Waals surface area contributed by atoms with E-state index >= 15 is 4.39 Å². The summed E-state index contributed by atoms with van der Waals surface area (Å²) in [6, 6.07) is -1.14. The van der Waals surface area contributed by atoms with E-state index in [0.29, 0.717) is 13.0 Å². The molecule has 2 saturated heterocycles. The van der Waals surface area contributed by atoms with Crippen LogP contribution in [0.25, 0.3) is 10.9 Å². The van der Waals surface area contributed by atoms with Crippen LogP contribution in [-0.2, 0) is 0 Å². The Morgan fingerprint density at radius 2 is 2.14 bits per heavy atom. The van der Waals surface area contributed by atoms with E-state index in [1.807, 2.05) is 4.90 Å². The number of benzene rings is 1. The van der Waals surface area contributed by atoms with Crippen molar-refractivity contribution >= 4 is 55.9 Å². The van der Waals surface area contributed by atoms with Crippen molar-refractivity contribution in [1.29, 1.82) is 0 Å². The summed E-state index contributed by atoms with van der Waals surface area (Å²) in [4.78, 5) is 11.9. The summed E-state index contributed by atoms with van der Waals surface area (Å²) < 4.78 is 68.4. The minimum absolute atomic E-state index is 0.0226. The highest BCUT2D eigenvalue weighted by molar-refractivity contribution is 9.10. The molecule has 5 rings (SSSR count). The molecule has 0 N–H and O–H groups in total. The predicted molar refractivity (Wildman–Crippen MR) is 128 cm³/mol. The molecular formula is C22H21BrCl2F4N4O2. The van der Waals surface area contributed by atoms with E-state index < -0.39 is 36.5 Å². The number of halogens is 7. The van der Waals surface area contributed by atoms with Crippen molar-refractivity contribution in [3.8, 4) is 11.8 Å². The summed E-state index contributed by atoms with van der Waals surface area (Å²) in [6.45, 7) is 3.90. The molecule has 0 amide bonds.